The van der Waals surface area contributed by atoms with Crippen LogP contribution in [0.3, 0.4) is 0 Å². The van der Waals surface area contributed by atoms with Crippen LogP contribution in [-0.2, 0) is 17.8 Å². The molecule has 0 aliphatic rings. The highest BCUT2D eigenvalue weighted by Gasteiger charge is 2.14. The molecule has 0 aliphatic carbocycles. The van der Waals surface area contributed by atoms with Crippen LogP contribution in [0.25, 0.3) is 11.4 Å². The van der Waals surface area contributed by atoms with Crippen molar-refractivity contribution in [3.8, 4) is 11.4 Å². The summed E-state index contributed by atoms with van der Waals surface area (Å²) in [6.45, 7) is 0.559. The lowest BCUT2D eigenvalue weighted by Gasteiger charge is -2.25. The Kier molecular flexibility index (Phi) is 6.10. The summed E-state index contributed by atoms with van der Waals surface area (Å²) in [4.78, 5) is 21.0. The maximum absolute atomic E-state index is 12.6. The second-order valence-electron chi connectivity index (χ2n) is 6.69. The average molecular weight is 399 g/mol. The lowest BCUT2D eigenvalue weighted by atomic mass is 10.2. The zero-order valence-corrected chi connectivity index (χ0v) is 16.3. The summed E-state index contributed by atoms with van der Waals surface area (Å²) >= 11 is 0. The molecule has 0 saturated carbocycles. The number of aromatic nitrogens is 3. The van der Waals surface area contributed by atoms with E-state index in [4.69, 9.17) is 4.52 Å². The molecule has 0 spiro atoms. The van der Waals surface area contributed by atoms with E-state index in [9.17, 15) is 4.79 Å². The van der Waals surface area contributed by atoms with Crippen molar-refractivity contribution in [3.63, 3.8) is 0 Å². The Morgan fingerprint density at radius 2 is 1.63 bits per heavy atom. The number of carbonyl (C=O) groups is 1. The Labute approximate surface area is 174 Å². The monoisotopic (exact) mass is 399 g/mol. The van der Waals surface area contributed by atoms with Crippen LogP contribution in [0.5, 0.6) is 0 Å². The van der Waals surface area contributed by atoms with E-state index in [1.165, 1.54) is 0 Å². The molecule has 0 bridgehead atoms. The molecule has 2 aromatic carbocycles. The normalized spacial score (nSPS) is 10.5. The number of pyridine rings is 1. The van der Waals surface area contributed by atoms with Crippen molar-refractivity contribution in [2.75, 3.05) is 5.01 Å². The molecule has 0 fully saturated rings. The van der Waals surface area contributed by atoms with Crippen molar-refractivity contribution in [2.24, 2.45) is 0 Å². The minimum absolute atomic E-state index is 0.126. The molecule has 4 rings (SSSR count). The van der Waals surface area contributed by atoms with E-state index in [2.05, 4.69) is 20.6 Å². The number of rotatable bonds is 8. The fraction of sp³-hybridized carbons (Fsp3) is 0.130. The summed E-state index contributed by atoms with van der Waals surface area (Å²) < 4.78 is 5.28. The van der Waals surface area contributed by atoms with Crippen molar-refractivity contribution < 1.29 is 9.32 Å². The Balaban J connectivity index is 1.39. The van der Waals surface area contributed by atoms with Crippen LogP contribution in [0.4, 0.5) is 5.69 Å². The quantitative estimate of drug-likeness (QED) is 0.454. The first-order valence-corrected chi connectivity index (χ1v) is 9.67. The number of nitrogens with one attached hydrogen (secondary N) is 1. The van der Waals surface area contributed by atoms with Crippen molar-refractivity contribution in [3.05, 3.63) is 96.6 Å². The molecule has 0 unspecified atom stereocenters. The third-order valence-corrected chi connectivity index (χ3v) is 4.48. The molecule has 30 heavy (non-hydrogen) atoms. The second-order valence-corrected chi connectivity index (χ2v) is 6.69. The number of hydrogen-bond donors (Lipinski definition) is 1. The van der Waals surface area contributed by atoms with Crippen LogP contribution in [-0.4, -0.2) is 21.0 Å². The molecule has 4 aromatic rings. The molecule has 0 saturated heterocycles. The van der Waals surface area contributed by atoms with E-state index in [1.807, 2.05) is 77.8 Å². The van der Waals surface area contributed by atoms with Crippen molar-refractivity contribution >= 4 is 11.6 Å². The summed E-state index contributed by atoms with van der Waals surface area (Å²) in [5.41, 5.74) is 5.82. The number of anilines is 1. The van der Waals surface area contributed by atoms with Gasteiger partial charge >= 0.3 is 0 Å². The Bertz CT molecular complexity index is 1070. The van der Waals surface area contributed by atoms with Crippen LogP contribution in [0.15, 0.2) is 89.7 Å². The van der Waals surface area contributed by atoms with Gasteiger partial charge < -0.3 is 4.52 Å². The first-order valence-electron chi connectivity index (χ1n) is 9.67. The van der Waals surface area contributed by atoms with E-state index in [0.29, 0.717) is 24.7 Å². The Morgan fingerprint density at radius 1 is 0.933 bits per heavy atom. The predicted molar refractivity (Wildman–Crippen MR) is 113 cm³/mol. The van der Waals surface area contributed by atoms with Gasteiger partial charge in [-0.25, -0.2) is 0 Å². The molecular weight excluding hydrogens is 378 g/mol. The zero-order valence-electron chi connectivity index (χ0n) is 16.3. The van der Waals surface area contributed by atoms with E-state index >= 15 is 0 Å². The number of carbonyl (C=O) groups excluding carboxylic acids is 1. The molecule has 2 heterocycles. The largest absolute Gasteiger partial charge is 0.339 e. The third kappa shape index (κ3) is 5.08. The van der Waals surface area contributed by atoms with Crippen LogP contribution < -0.4 is 10.4 Å². The van der Waals surface area contributed by atoms with Gasteiger partial charge in [0.25, 0.3) is 0 Å². The molecule has 7 nitrogen and oxygen atoms in total. The number of benzene rings is 2. The molecule has 0 radical (unpaired) electrons. The van der Waals surface area contributed by atoms with Gasteiger partial charge in [0.15, 0.2) is 0 Å². The smallest absolute Gasteiger partial charge is 0.239 e. The van der Waals surface area contributed by atoms with Gasteiger partial charge in [0.2, 0.25) is 17.6 Å². The van der Waals surface area contributed by atoms with Gasteiger partial charge in [-0.2, -0.15) is 4.98 Å². The van der Waals surface area contributed by atoms with Crippen LogP contribution in [0.2, 0.25) is 0 Å². The maximum atomic E-state index is 12.6. The molecule has 1 amide bonds. The molecule has 7 heteroatoms. The third-order valence-electron chi connectivity index (χ3n) is 4.48. The van der Waals surface area contributed by atoms with Crippen LogP contribution >= 0.6 is 0 Å². The van der Waals surface area contributed by atoms with Gasteiger partial charge in [-0.3, -0.25) is 20.2 Å². The molecule has 0 aliphatic heterocycles. The average Bonchev–Trinajstić information content (AvgIpc) is 3.28. The van der Waals surface area contributed by atoms with Gasteiger partial charge in [-0.05, 0) is 29.8 Å². The molecule has 150 valence electrons. The lowest BCUT2D eigenvalue weighted by Crippen LogP contribution is -2.42. The number of hydrogen-bond acceptors (Lipinski definition) is 6. The number of hydrazine groups is 1. The van der Waals surface area contributed by atoms with Gasteiger partial charge in [0.1, 0.15) is 0 Å². The second kappa shape index (κ2) is 9.47. The maximum Gasteiger partial charge on any atom is 0.239 e. The van der Waals surface area contributed by atoms with E-state index in [0.717, 1.165) is 16.8 Å². The van der Waals surface area contributed by atoms with Crippen LogP contribution in [0, 0.1) is 0 Å². The Hall–Kier alpha value is -4.00. The summed E-state index contributed by atoms with van der Waals surface area (Å²) in [5, 5.41) is 5.81. The van der Waals surface area contributed by atoms with E-state index < -0.39 is 0 Å². The van der Waals surface area contributed by atoms with Crippen molar-refractivity contribution in [1.29, 1.82) is 0 Å². The fourth-order valence-corrected chi connectivity index (χ4v) is 2.97. The van der Waals surface area contributed by atoms with Gasteiger partial charge in [-0.1, -0.05) is 53.7 Å². The number of amides is 1. The summed E-state index contributed by atoms with van der Waals surface area (Å²) in [7, 11) is 0. The fourth-order valence-electron chi connectivity index (χ4n) is 2.97. The van der Waals surface area contributed by atoms with E-state index in [1.54, 1.807) is 12.4 Å². The number of para-hydroxylation sites is 1. The van der Waals surface area contributed by atoms with Gasteiger partial charge in [0, 0.05) is 30.8 Å². The van der Waals surface area contributed by atoms with Gasteiger partial charge in [-0.15, -0.1) is 0 Å². The van der Waals surface area contributed by atoms with Crippen molar-refractivity contribution in [2.45, 2.75) is 19.4 Å². The zero-order chi connectivity index (χ0) is 20.6. The SMILES string of the molecule is O=C(CCc1nc(-c2ccncc2)no1)NN(Cc1ccccc1)c1ccccc1. The highest BCUT2D eigenvalue weighted by atomic mass is 16.5. The number of nitrogens with zero attached hydrogens (tertiary/aromatic N) is 4. The number of aryl methyl sites for hydroxylation is 1. The minimum Gasteiger partial charge on any atom is -0.339 e. The summed E-state index contributed by atoms with van der Waals surface area (Å²) in [6, 6.07) is 23.4. The minimum atomic E-state index is -0.126. The highest BCUT2D eigenvalue weighted by Crippen LogP contribution is 2.16. The standard InChI is InChI=1S/C23H21N5O2/c29-21(11-12-22-25-23(27-30-22)19-13-15-24-16-14-19)26-28(20-9-5-2-6-10-20)17-18-7-3-1-4-8-18/h1-10,13-16H,11-12,17H2,(H,26,29). The predicted octanol–water partition coefficient (Wildman–Crippen LogP) is 3.80. The lowest BCUT2D eigenvalue weighted by molar-refractivity contribution is -0.121. The van der Waals surface area contributed by atoms with Crippen molar-refractivity contribution in [1.82, 2.24) is 20.6 Å². The topological polar surface area (TPSA) is 84.1 Å². The first-order chi connectivity index (χ1) is 14.8. The highest BCUT2D eigenvalue weighted by molar-refractivity contribution is 5.78. The Morgan fingerprint density at radius 3 is 2.37 bits per heavy atom. The first kappa shape index (κ1) is 19.3. The summed E-state index contributed by atoms with van der Waals surface area (Å²) in [5.74, 6) is 0.785. The summed E-state index contributed by atoms with van der Waals surface area (Å²) in [6.07, 6.45) is 3.93. The molecule has 0 atom stereocenters. The molecule has 2 aromatic heterocycles. The van der Waals surface area contributed by atoms with Gasteiger partial charge in [0.05, 0.1) is 12.2 Å². The molecular formula is C23H21N5O2. The van der Waals surface area contributed by atoms with Crippen LogP contribution in [0.1, 0.15) is 17.9 Å². The molecule has 1 N–H and O–H groups in total. The van der Waals surface area contributed by atoms with E-state index in [-0.39, 0.29) is 12.3 Å².